The number of methoxy groups -OCH3 is 1. The summed E-state index contributed by atoms with van der Waals surface area (Å²) in [5, 5.41) is 0. The molecule has 2 aliphatic rings. The van der Waals surface area contributed by atoms with E-state index in [2.05, 4.69) is 23.9 Å². The fraction of sp³-hybridized carbons (Fsp3) is 0.741. The second kappa shape index (κ2) is 12.9. The zero-order valence-electron chi connectivity index (χ0n) is 23.7. The van der Waals surface area contributed by atoms with Crippen LogP contribution < -0.4 is 4.74 Å². The van der Waals surface area contributed by atoms with E-state index in [0.29, 0.717) is 29.0 Å². The Balaban J connectivity index is 1.46. The molecule has 0 N–H and O–H groups in total. The predicted octanol–water partition coefficient (Wildman–Crippen LogP) is 2.35. The minimum Gasteiger partial charge on any atom is -0.497 e. The summed E-state index contributed by atoms with van der Waals surface area (Å²) in [6, 6.07) is 4.81. The van der Waals surface area contributed by atoms with Crippen LogP contribution in [0.25, 0.3) is 0 Å². The Morgan fingerprint density at radius 3 is 2.32 bits per heavy atom. The monoisotopic (exact) mass is 538 g/mol. The van der Waals surface area contributed by atoms with Gasteiger partial charge in [0.1, 0.15) is 12.4 Å². The third kappa shape index (κ3) is 7.23. The molecule has 1 unspecified atom stereocenters. The molecule has 0 spiro atoms. The number of hydrogen-bond donors (Lipinski definition) is 0. The molecule has 0 aromatic heterocycles. The number of hydrogen-bond acceptors (Lipinski definition) is 7. The van der Waals surface area contributed by atoms with Crippen LogP contribution in [0.2, 0.25) is 0 Å². The van der Waals surface area contributed by atoms with Gasteiger partial charge in [0.05, 0.1) is 18.6 Å². The van der Waals surface area contributed by atoms with E-state index in [1.54, 1.807) is 33.1 Å². The summed E-state index contributed by atoms with van der Waals surface area (Å²) in [7, 11) is 5.59. The quantitative estimate of drug-likeness (QED) is 0.400. The lowest BCUT2D eigenvalue weighted by Crippen LogP contribution is -2.47. The SMILES string of the molecule is COc1cc(C)c(S(=O)(=O)N(C)CCOCC(=O)N(C)C2CCC[C@@H](N3CC[C@@H](N(C)C)C3)C2)c(C)c1. The largest absolute Gasteiger partial charge is 0.497 e. The Morgan fingerprint density at radius 2 is 1.73 bits per heavy atom. The molecule has 1 aromatic rings. The Morgan fingerprint density at radius 1 is 1.05 bits per heavy atom. The van der Waals surface area contributed by atoms with E-state index in [-0.39, 0.29) is 36.6 Å². The van der Waals surface area contributed by atoms with Crippen molar-refractivity contribution in [1.82, 2.24) is 19.0 Å². The molecule has 37 heavy (non-hydrogen) atoms. The van der Waals surface area contributed by atoms with E-state index < -0.39 is 10.0 Å². The van der Waals surface area contributed by atoms with Gasteiger partial charge in [0.2, 0.25) is 15.9 Å². The second-order valence-corrected chi connectivity index (χ2v) is 12.8. The van der Waals surface area contributed by atoms with Gasteiger partial charge in [-0.1, -0.05) is 0 Å². The van der Waals surface area contributed by atoms with Crippen molar-refractivity contribution in [3.05, 3.63) is 23.3 Å². The van der Waals surface area contributed by atoms with Crippen LogP contribution in [0.4, 0.5) is 0 Å². The third-order valence-electron chi connectivity index (χ3n) is 8.12. The van der Waals surface area contributed by atoms with Crippen LogP contribution in [0, 0.1) is 13.8 Å². The maximum atomic E-state index is 13.2. The number of amides is 1. The number of nitrogens with zero attached hydrogens (tertiary/aromatic N) is 4. The van der Waals surface area contributed by atoms with Gasteiger partial charge >= 0.3 is 0 Å². The molecule has 9 nitrogen and oxygen atoms in total. The molecule has 1 aliphatic carbocycles. The molecular weight excluding hydrogens is 492 g/mol. The maximum Gasteiger partial charge on any atom is 0.248 e. The predicted molar refractivity (Wildman–Crippen MR) is 146 cm³/mol. The number of sulfonamides is 1. The Hall–Kier alpha value is -1.72. The number of likely N-dealkylation sites (N-methyl/N-ethyl adjacent to an activating group) is 3. The van der Waals surface area contributed by atoms with Gasteiger partial charge in [-0.2, -0.15) is 4.31 Å². The van der Waals surface area contributed by atoms with Crippen LogP contribution in [0.5, 0.6) is 5.75 Å². The van der Waals surface area contributed by atoms with E-state index in [4.69, 9.17) is 9.47 Å². The number of rotatable bonds is 11. The highest BCUT2D eigenvalue weighted by Gasteiger charge is 2.34. The number of benzene rings is 1. The Bertz CT molecular complexity index is 1010. The first-order valence-corrected chi connectivity index (χ1v) is 14.7. The molecule has 1 aromatic carbocycles. The second-order valence-electron chi connectivity index (χ2n) is 10.8. The van der Waals surface area contributed by atoms with Gasteiger partial charge in [0.25, 0.3) is 0 Å². The standard InChI is InChI=1S/C27H46N4O5S/c1-20-15-25(35-7)16-21(2)27(20)37(33,34)29(5)13-14-36-19-26(32)30(6)22-9-8-10-23(17-22)31-12-11-24(18-31)28(3)4/h15-16,22-24H,8-14,17-19H2,1-7H3/t22?,23-,24-/m1/s1. The minimum absolute atomic E-state index is 0.0431. The molecular formula is C27H46N4O5S. The van der Waals surface area contributed by atoms with E-state index >= 15 is 0 Å². The van der Waals surface area contributed by atoms with E-state index in [1.807, 2.05) is 11.9 Å². The number of ether oxygens (including phenoxy) is 2. The van der Waals surface area contributed by atoms with Crippen molar-refractivity contribution < 1.29 is 22.7 Å². The number of carbonyl (C=O) groups excluding carboxylic acids is 1. The van der Waals surface area contributed by atoms with Crippen LogP contribution in [-0.2, 0) is 19.6 Å². The van der Waals surface area contributed by atoms with Crippen molar-refractivity contribution in [2.24, 2.45) is 0 Å². The topological polar surface area (TPSA) is 82.6 Å². The summed E-state index contributed by atoms with van der Waals surface area (Å²) in [4.78, 5) is 19.9. The lowest BCUT2D eigenvalue weighted by atomic mass is 9.89. The zero-order valence-corrected chi connectivity index (χ0v) is 24.5. The van der Waals surface area contributed by atoms with Crippen molar-refractivity contribution in [2.45, 2.75) is 69.0 Å². The molecule has 1 heterocycles. The van der Waals surface area contributed by atoms with Gasteiger partial charge in [-0.05, 0) is 83.3 Å². The Kier molecular flexibility index (Phi) is 10.4. The molecule has 0 radical (unpaired) electrons. The van der Waals surface area contributed by atoms with Crippen molar-refractivity contribution in [1.29, 1.82) is 0 Å². The number of carbonyl (C=O) groups is 1. The summed E-state index contributed by atoms with van der Waals surface area (Å²) in [6.45, 7) is 6.04. The molecule has 1 amide bonds. The smallest absolute Gasteiger partial charge is 0.248 e. The average molecular weight is 539 g/mol. The van der Waals surface area contributed by atoms with E-state index in [0.717, 1.165) is 32.4 Å². The van der Waals surface area contributed by atoms with Gasteiger partial charge in [-0.25, -0.2) is 8.42 Å². The Labute approximate surface area is 223 Å². The number of likely N-dealkylation sites (tertiary alicyclic amines) is 1. The highest BCUT2D eigenvalue weighted by atomic mass is 32.2. The van der Waals surface area contributed by atoms with Crippen LogP contribution in [0.3, 0.4) is 0 Å². The average Bonchev–Trinajstić information content (AvgIpc) is 3.36. The molecule has 1 aliphatic heterocycles. The van der Waals surface area contributed by atoms with E-state index in [1.165, 1.54) is 24.2 Å². The van der Waals surface area contributed by atoms with Crippen LogP contribution in [0.1, 0.15) is 43.2 Å². The summed E-state index contributed by atoms with van der Waals surface area (Å²) in [5.74, 6) is 0.579. The molecule has 0 bridgehead atoms. The summed E-state index contributed by atoms with van der Waals surface area (Å²) in [5.41, 5.74) is 1.27. The van der Waals surface area contributed by atoms with Crippen LogP contribution in [0.15, 0.2) is 17.0 Å². The molecule has 10 heteroatoms. The fourth-order valence-electron chi connectivity index (χ4n) is 5.71. The lowest BCUT2D eigenvalue weighted by Gasteiger charge is -2.39. The molecule has 1 saturated carbocycles. The first kappa shape index (κ1) is 29.8. The van der Waals surface area contributed by atoms with Crippen molar-refractivity contribution in [3.8, 4) is 5.75 Å². The normalized spacial score (nSPS) is 23.1. The first-order chi connectivity index (χ1) is 17.4. The molecule has 1 saturated heterocycles. The van der Waals surface area contributed by atoms with Crippen molar-refractivity contribution in [2.75, 3.05) is 68.1 Å². The highest BCUT2D eigenvalue weighted by Crippen LogP contribution is 2.30. The summed E-state index contributed by atoms with van der Waals surface area (Å²) >= 11 is 0. The summed E-state index contributed by atoms with van der Waals surface area (Å²) < 4.78 is 38.5. The van der Waals surface area contributed by atoms with Gasteiger partial charge in [-0.15, -0.1) is 0 Å². The fourth-order valence-corrected chi connectivity index (χ4v) is 7.27. The molecule has 210 valence electrons. The summed E-state index contributed by atoms with van der Waals surface area (Å²) in [6.07, 6.45) is 5.56. The van der Waals surface area contributed by atoms with Crippen LogP contribution >= 0.6 is 0 Å². The van der Waals surface area contributed by atoms with Crippen LogP contribution in [-0.4, -0.2) is 120 Å². The molecule has 2 fully saturated rings. The van der Waals surface area contributed by atoms with Gasteiger partial charge < -0.3 is 19.3 Å². The van der Waals surface area contributed by atoms with Crippen molar-refractivity contribution in [3.63, 3.8) is 0 Å². The maximum absolute atomic E-state index is 13.2. The minimum atomic E-state index is -3.69. The lowest BCUT2D eigenvalue weighted by molar-refractivity contribution is -0.137. The number of aryl methyl sites for hydroxylation is 2. The van der Waals surface area contributed by atoms with Gasteiger partial charge in [-0.3, -0.25) is 9.69 Å². The van der Waals surface area contributed by atoms with Crippen molar-refractivity contribution >= 4 is 15.9 Å². The zero-order chi connectivity index (χ0) is 27.3. The molecule has 3 atom stereocenters. The third-order valence-corrected chi connectivity index (χ3v) is 10.3. The van der Waals surface area contributed by atoms with Gasteiger partial charge in [0, 0.05) is 51.9 Å². The molecule has 3 rings (SSSR count). The van der Waals surface area contributed by atoms with E-state index in [9.17, 15) is 13.2 Å². The first-order valence-electron chi connectivity index (χ1n) is 13.3. The van der Waals surface area contributed by atoms with Gasteiger partial charge in [0.15, 0.2) is 0 Å². The highest BCUT2D eigenvalue weighted by molar-refractivity contribution is 7.89.